The van der Waals surface area contributed by atoms with Crippen molar-refractivity contribution in [3.05, 3.63) is 97.2 Å². The summed E-state index contributed by atoms with van der Waals surface area (Å²) in [4.78, 5) is 42.3. The molecule has 2 heterocycles. The molecule has 1 aliphatic heterocycles. The quantitative estimate of drug-likeness (QED) is 0.346. The lowest BCUT2D eigenvalue weighted by Gasteiger charge is -2.37. The second-order valence-corrected chi connectivity index (χ2v) is 9.43. The molecular weight excluding hydrogens is 466 g/mol. The first-order valence-electron chi connectivity index (χ1n) is 11.3. The summed E-state index contributed by atoms with van der Waals surface area (Å²) >= 11 is 1.70. The molecule has 1 atom stereocenters. The maximum absolute atomic E-state index is 13.6. The minimum absolute atomic E-state index is 0.126. The predicted octanol–water partition coefficient (Wildman–Crippen LogP) is 4.23. The van der Waals surface area contributed by atoms with Crippen LogP contribution in [0, 0.1) is 17.0 Å². The summed E-state index contributed by atoms with van der Waals surface area (Å²) in [6, 6.07) is 16.1. The number of nitrogens with zero attached hydrogens (tertiary/aromatic N) is 3. The number of hydrogen-bond acceptors (Lipinski definition) is 6. The normalized spacial score (nSPS) is 14.9. The van der Waals surface area contributed by atoms with E-state index in [-0.39, 0.29) is 42.9 Å². The van der Waals surface area contributed by atoms with Crippen molar-refractivity contribution in [2.75, 3.05) is 33.4 Å². The number of ether oxygens (including phenoxy) is 1. The lowest BCUT2D eigenvalue weighted by molar-refractivity contribution is -0.385. The molecule has 2 aromatic carbocycles. The molecule has 0 spiro atoms. The lowest BCUT2D eigenvalue weighted by Crippen LogP contribution is -2.47. The number of nitro benzene ring substituents is 1. The van der Waals surface area contributed by atoms with E-state index in [9.17, 15) is 19.7 Å². The van der Waals surface area contributed by atoms with Crippen LogP contribution in [0.25, 0.3) is 0 Å². The molecule has 8 nitrogen and oxygen atoms in total. The van der Waals surface area contributed by atoms with Crippen molar-refractivity contribution in [3.63, 3.8) is 0 Å². The number of nitro groups is 1. The van der Waals surface area contributed by atoms with E-state index in [1.54, 1.807) is 30.4 Å². The van der Waals surface area contributed by atoms with Gasteiger partial charge in [-0.15, -0.1) is 11.3 Å². The molecule has 1 aliphatic rings. The van der Waals surface area contributed by atoms with Gasteiger partial charge in [0.15, 0.2) is 0 Å². The molecule has 4 rings (SSSR count). The van der Waals surface area contributed by atoms with Gasteiger partial charge in [-0.05, 0) is 42.0 Å². The van der Waals surface area contributed by atoms with Gasteiger partial charge >= 0.3 is 0 Å². The van der Waals surface area contributed by atoms with E-state index in [0.29, 0.717) is 12.1 Å². The van der Waals surface area contributed by atoms with Crippen LogP contribution < -0.4 is 0 Å². The molecule has 9 heteroatoms. The molecule has 0 N–H and O–H groups in total. The average molecular weight is 494 g/mol. The summed E-state index contributed by atoms with van der Waals surface area (Å²) in [5.74, 6) is -0.621. The van der Waals surface area contributed by atoms with Crippen molar-refractivity contribution in [1.82, 2.24) is 9.80 Å². The van der Waals surface area contributed by atoms with Gasteiger partial charge in [-0.3, -0.25) is 19.7 Å². The zero-order valence-electron chi connectivity index (χ0n) is 19.7. The molecule has 0 fully saturated rings. The summed E-state index contributed by atoms with van der Waals surface area (Å²) in [6.45, 7) is 2.46. The fourth-order valence-electron chi connectivity index (χ4n) is 4.41. The number of rotatable bonds is 8. The highest BCUT2D eigenvalue weighted by molar-refractivity contribution is 7.10. The molecular formula is C26H27N3O5S. The molecule has 0 saturated carbocycles. The highest BCUT2D eigenvalue weighted by Crippen LogP contribution is 2.37. The van der Waals surface area contributed by atoms with Gasteiger partial charge < -0.3 is 14.5 Å². The van der Waals surface area contributed by atoms with Crippen LogP contribution in [-0.4, -0.2) is 59.9 Å². The Balaban J connectivity index is 1.61. The van der Waals surface area contributed by atoms with Gasteiger partial charge in [0.2, 0.25) is 5.91 Å². The lowest BCUT2D eigenvalue weighted by atomic mass is 9.93. The summed E-state index contributed by atoms with van der Waals surface area (Å²) < 4.78 is 5.17. The monoisotopic (exact) mass is 493 g/mol. The van der Waals surface area contributed by atoms with Crippen molar-refractivity contribution in [3.8, 4) is 0 Å². The summed E-state index contributed by atoms with van der Waals surface area (Å²) in [6.07, 6.45) is 0.762. The van der Waals surface area contributed by atoms with Crippen LogP contribution in [0.5, 0.6) is 0 Å². The fourth-order valence-corrected chi connectivity index (χ4v) is 5.31. The van der Waals surface area contributed by atoms with Crippen LogP contribution in [-0.2, 0) is 16.0 Å². The van der Waals surface area contributed by atoms with Crippen LogP contribution >= 0.6 is 11.3 Å². The predicted molar refractivity (Wildman–Crippen MR) is 134 cm³/mol. The highest BCUT2D eigenvalue weighted by Gasteiger charge is 2.34. The second-order valence-electron chi connectivity index (χ2n) is 8.43. The Kier molecular flexibility index (Phi) is 7.57. The number of fused-ring (bicyclic) bond motifs is 1. The minimum Gasteiger partial charge on any atom is -0.383 e. The highest BCUT2D eigenvalue weighted by atomic mass is 32.1. The minimum atomic E-state index is -0.507. The Morgan fingerprint density at radius 3 is 2.69 bits per heavy atom. The number of amides is 2. The van der Waals surface area contributed by atoms with Gasteiger partial charge in [-0.1, -0.05) is 36.4 Å². The van der Waals surface area contributed by atoms with Gasteiger partial charge in [-0.2, -0.15) is 0 Å². The number of aryl methyl sites for hydroxylation is 1. The van der Waals surface area contributed by atoms with E-state index in [0.717, 1.165) is 17.5 Å². The molecule has 0 bridgehead atoms. The Morgan fingerprint density at radius 1 is 1.20 bits per heavy atom. The van der Waals surface area contributed by atoms with E-state index in [2.05, 4.69) is 6.07 Å². The average Bonchev–Trinajstić information content (AvgIpc) is 3.35. The van der Waals surface area contributed by atoms with Crippen molar-refractivity contribution in [1.29, 1.82) is 0 Å². The van der Waals surface area contributed by atoms with Crippen LogP contribution in [0.2, 0.25) is 0 Å². The summed E-state index contributed by atoms with van der Waals surface area (Å²) in [7, 11) is 1.52. The van der Waals surface area contributed by atoms with Gasteiger partial charge in [0.1, 0.15) is 6.54 Å². The van der Waals surface area contributed by atoms with E-state index in [4.69, 9.17) is 4.74 Å². The van der Waals surface area contributed by atoms with Gasteiger partial charge in [0.05, 0.1) is 17.6 Å². The Hall–Kier alpha value is -3.56. The first kappa shape index (κ1) is 24.6. The largest absolute Gasteiger partial charge is 0.383 e. The number of carbonyl (C=O) groups is 2. The molecule has 3 aromatic rings. The summed E-state index contributed by atoms with van der Waals surface area (Å²) in [5.41, 5.74) is 2.65. The van der Waals surface area contributed by atoms with Gasteiger partial charge in [0, 0.05) is 42.3 Å². The summed E-state index contributed by atoms with van der Waals surface area (Å²) in [5, 5.41) is 13.4. The third-order valence-electron chi connectivity index (χ3n) is 6.23. The van der Waals surface area contributed by atoms with Crippen molar-refractivity contribution in [2.45, 2.75) is 19.4 Å². The van der Waals surface area contributed by atoms with E-state index in [1.165, 1.54) is 23.0 Å². The first-order chi connectivity index (χ1) is 16.9. The molecule has 35 heavy (non-hydrogen) atoms. The first-order valence-corrected chi connectivity index (χ1v) is 12.2. The maximum atomic E-state index is 13.6. The van der Waals surface area contributed by atoms with E-state index in [1.807, 2.05) is 40.6 Å². The number of benzene rings is 2. The molecule has 2 amide bonds. The van der Waals surface area contributed by atoms with Gasteiger partial charge in [0.25, 0.3) is 11.6 Å². The topological polar surface area (TPSA) is 93.0 Å². The molecule has 1 unspecified atom stereocenters. The third-order valence-corrected chi connectivity index (χ3v) is 7.23. The molecule has 0 saturated heterocycles. The Bertz CT molecular complexity index is 1230. The fraction of sp³-hybridized carbons (Fsp3) is 0.308. The van der Waals surface area contributed by atoms with Crippen LogP contribution in [0.1, 0.15) is 38.0 Å². The van der Waals surface area contributed by atoms with Gasteiger partial charge in [-0.25, -0.2) is 0 Å². The smallest absolute Gasteiger partial charge is 0.273 e. The standard InChI is InChI=1S/C26H27N3O5S/c1-18-8-9-20(16-22(18)29(32)33)26(31)27(13-14-34-2)17-24(30)28-12-10-23-21(11-15-35-23)25(28)19-6-4-3-5-7-19/h3-9,11,15-16,25H,10,12-14,17H2,1-2H3. The Morgan fingerprint density at radius 2 is 1.97 bits per heavy atom. The third kappa shape index (κ3) is 5.26. The van der Waals surface area contributed by atoms with Crippen LogP contribution in [0.15, 0.2) is 60.0 Å². The second kappa shape index (κ2) is 10.8. The molecule has 1 aromatic heterocycles. The zero-order chi connectivity index (χ0) is 24.9. The molecule has 182 valence electrons. The van der Waals surface area contributed by atoms with Crippen molar-refractivity contribution < 1.29 is 19.2 Å². The van der Waals surface area contributed by atoms with Crippen LogP contribution in [0.4, 0.5) is 5.69 Å². The number of methoxy groups -OCH3 is 1. The number of carbonyl (C=O) groups excluding carboxylic acids is 2. The molecule has 0 radical (unpaired) electrons. The van der Waals surface area contributed by atoms with E-state index >= 15 is 0 Å². The number of thiophene rings is 1. The Labute approximate surface area is 207 Å². The van der Waals surface area contributed by atoms with Crippen molar-refractivity contribution >= 4 is 28.8 Å². The van der Waals surface area contributed by atoms with E-state index < -0.39 is 10.8 Å². The van der Waals surface area contributed by atoms with Crippen LogP contribution in [0.3, 0.4) is 0 Å². The van der Waals surface area contributed by atoms with Crippen molar-refractivity contribution in [2.24, 2.45) is 0 Å². The maximum Gasteiger partial charge on any atom is 0.273 e. The zero-order valence-corrected chi connectivity index (χ0v) is 20.5. The molecule has 0 aliphatic carbocycles. The number of hydrogen-bond donors (Lipinski definition) is 0. The SMILES string of the molecule is COCCN(CC(=O)N1CCc2sccc2C1c1ccccc1)C(=O)c1ccc(C)c([N+](=O)[O-])c1.